The molecule has 0 aliphatic carbocycles. The third-order valence-corrected chi connectivity index (χ3v) is 11.5. The number of phosphoric ester groups is 1. The molecule has 0 aliphatic heterocycles. The van der Waals surface area contributed by atoms with Crippen molar-refractivity contribution in [2.45, 2.75) is 238 Å². The fraction of sp³-hybridized carbons (Fsp3) is 0.837. The number of carbonyl (C=O) groups is 2. The van der Waals surface area contributed by atoms with Gasteiger partial charge < -0.3 is 20.1 Å². The van der Waals surface area contributed by atoms with E-state index in [1.165, 1.54) is 154 Å². The molecule has 2 unspecified atom stereocenters. The van der Waals surface area contributed by atoms with Crippen LogP contribution in [0.3, 0.4) is 0 Å². The Morgan fingerprint density at radius 1 is 0.525 bits per heavy atom. The summed E-state index contributed by atoms with van der Waals surface area (Å²) in [4.78, 5) is 34.0. The second-order valence-electron chi connectivity index (χ2n) is 16.4. The van der Waals surface area contributed by atoms with Crippen LogP contribution in [0.5, 0.6) is 0 Å². The van der Waals surface area contributed by atoms with Crippen LogP contribution < -0.4 is 5.32 Å². The van der Waals surface area contributed by atoms with Crippen LogP contribution in [0.1, 0.15) is 232 Å². The van der Waals surface area contributed by atoms with E-state index in [1.54, 1.807) is 0 Å². The Bertz CT molecular complexity index is 1060. The molecule has 3 N–H and O–H groups in total. The normalized spacial score (nSPS) is 13.5. The molecule has 0 radical (unpaired) electrons. The first-order chi connectivity index (χ1) is 28.8. The zero-order valence-corrected chi connectivity index (χ0v) is 39.1. The van der Waals surface area contributed by atoms with Gasteiger partial charge in [0.25, 0.3) is 0 Å². The number of ether oxygens (including phenoxy) is 1. The fourth-order valence-corrected chi connectivity index (χ4v) is 7.58. The van der Waals surface area contributed by atoms with Crippen molar-refractivity contribution in [2.24, 2.45) is 0 Å². The third kappa shape index (κ3) is 47.1. The molecule has 0 spiro atoms. The van der Waals surface area contributed by atoms with Gasteiger partial charge in [-0.05, 0) is 70.6 Å². The maximum atomic E-state index is 12.1. The Hall–Kier alpha value is -1.77. The van der Waals surface area contributed by atoms with Crippen LogP contribution in [-0.4, -0.2) is 54.3 Å². The molecule has 0 fully saturated rings. The van der Waals surface area contributed by atoms with Crippen molar-refractivity contribution in [2.75, 3.05) is 26.4 Å². The Labute approximate surface area is 363 Å². The minimum Gasteiger partial charge on any atom is -0.463 e. The van der Waals surface area contributed by atoms with Crippen molar-refractivity contribution >= 4 is 19.7 Å². The monoisotopic (exact) mass is 854 g/mol. The van der Waals surface area contributed by atoms with Crippen LogP contribution in [0.15, 0.2) is 36.5 Å². The van der Waals surface area contributed by atoms with Crippen molar-refractivity contribution in [1.82, 2.24) is 5.32 Å². The molecule has 0 aliphatic rings. The van der Waals surface area contributed by atoms with Crippen molar-refractivity contribution in [3.63, 3.8) is 0 Å². The van der Waals surface area contributed by atoms with Crippen molar-refractivity contribution in [3.05, 3.63) is 36.5 Å². The first-order valence-electron chi connectivity index (χ1n) is 24.5. The van der Waals surface area contributed by atoms with Crippen LogP contribution in [0, 0.1) is 0 Å². The van der Waals surface area contributed by atoms with Gasteiger partial charge in [-0.15, -0.1) is 0 Å². The van der Waals surface area contributed by atoms with E-state index >= 15 is 0 Å². The van der Waals surface area contributed by atoms with Gasteiger partial charge in [-0.2, -0.15) is 0 Å². The van der Waals surface area contributed by atoms with Gasteiger partial charge in [-0.3, -0.25) is 18.6 Å². The predicted molar refractivity (Wildman–Crippen MR) is 247 cm³/mol. The predicted octanol–water partition coefficient (Wildman–Crippen LogP) is 14.1. The minimum absolute atomic E-state index is 0.0778. The molecule has 0 bridgehead atoms. The standard InChI is InChI=1S/C49H92NO8P/c1-3-5-7-9-11-13-15-17-19-21-22-23-24-26-28-30-32-34-36-38-40-42-49(53)56-45-47(51)46-58-59(54,55)57-44-43-50-48(52)41-39-37-35-33-31-29-27-25-20-18-16-14-12-10-8-6-4-2/h12,14,17-20,47,51H,3-11,13,15-16,21-46H2,1-2H3,(H,50,52)(H,54,55)/b14-12-,19-17+,20-18-. The molecule has 1 amide bonds. The second-order valence-corrected chi connectivity index (χ2v) is 17.9. The van der Waals surface area contributed by atoms with Crippen LogP contribution in [0.25, 0.3) is 0 Å². The van der Waals surface area contributed by atoms with E-state index in [0.29, 0.717) is 6.42 Å². The van der Waals surface area contributed by atoms with Gasteiger partial charge in [0.05, 0.1) is 13.2 Å². The van der Waals surface area contributed by atoms with Crippen LogP contribution in [0.4, 0.5) is 0 Å². The third-order valence-electron chi connectivity index (χ3n) is 10.5. The molecule has 0 rings (SSSR count). The molecule has 0 aromatic heterocycles. The lowest BCUT2D eigenvalue weighted by molar-refractivity contribution is -0.147. The van der Waals surface area contributed by atoms with Gasteiger partial charge in [-0.25, -0.2) is 4.57 Å². The van der Waals surface area contributed by atoms with Gasteiger partial charge in [-0.1, -0.05) is 185 Å². The molecule has 59 heavy (non-hydrogen) atoms. The van der Waals surface area contributed by atoms with Gasteiger partial charge in [0.2, 0.25) is 5.91 Å². The van der Waals surface area contributed by atoms with E-state index in [1.807, 2.05) is 0 Å². The Morgan fingerprint density at radius 3 is 1.41 bits per heavy atom. The highest BCUT2D eigenvalue weighted by molar-refractivity contribution is 7.47. The molecule has 346 valence electrons. The molecular weight excluding hydrogens is 762 g/mol. The molecule has 0 aromatic rings. The smallest absolute Gasteiger partial charge is 0.463 e. The summed E-state index contributed by atoms with van der Waals surface area (Å²) in [6.07, 6.45) is 52.2. The number of esters is 1. The summed E-state index contributed by atoms with van der Waals surface area (Å²) in [5.74, 6) is -0.520. The number of rotatable bonds is 46. The molecule has 0 heterocycles. The molecule has 10 heteroatoms. The molecular formula is C49H92NO8P. The average Bonchev–Trinajstić information content (AvgIpc) is 3.22. The van der Waals surface area contributed by atoms with Gasteiger partial charge in [0, 0.05) is 19.4 Å². The second kappa shape index (κ2) is 45.7. The number of unbranched alkanes of at least 4 members (excludes halogenated alkanes) is 27. The lowest BCUT2D eigenvalue weighted by atomic mass is 10.0. The van der Waals surface area contributed by atoms with Crippen molar-refractivity contribution in [1.29, 1.82) is 0 Å². The number of carbonyl (C=O) groups excluding carboxylic acids is 2. The van der Waals surface area contributed by atoms with Crippen molar-refractivity contribution < 1.29 is 37.9 Å². The number of amides is 1. The molecule has 0 aromatic carbocycles. The van der Waals surface area contributed by atoms with Crippen molar-refractivity contribution in [3.8, 4) is 0 Å². The topological polar surface area (TPSA) is 131 Å². The summed E-state index contributed by atoms with van der Waals surface area (Å²) in [5.41, 5.74) is 0. The lowest BCUT2D eigenvalue weighted by Gasteiger charge is -2.15. The van der Waals surface area contributed by atoms with Gasteiger partial charge in [0.15, 0.2) is 0 Å². The number of hydrogen-bond donors (Lipinski definition) is 3. The molecule has 9 nitrogen and oxygen atoms in total. The van der Waals surface area contributed by atoms with Crippen LogP contribution in [0.2, 0.25) is 0 Å². The molecule has 0 saturated heterocycles. The zero-order valence-electron chi connectivity index (χ0n) is 38.2. The summed E-state index contributed by atoms with van der Waals surface area (Å²) in [7, 11) is -4.42. The summed E-state index contributed by atoms with van der Waals surface area (Å²) >= 11 is 0. The van der Waals surface area contributed by atoms with E-state index < -0.39 is 26.5 Å². The average molecular weight is 854 g/mol. The summed E-state index contributed by atoms with van der Waals surface area (Å²) in [6, 6.07) is 0. The zero-order chi connectivity index (χ0) is 43.2. The van der Waals surface area contributed by atoms with E-state index in [9.17, 15) is 24.2 Å². The van der Waals surface area contributed by atoms with Gasteiger partial charge in [0.1, 0.15) is 12.7 Å². The van der Waals surface area contributed by atoms with E-state index in [4.69, 9.17) is 13.8 Å². The minimum atomic E-state index is -4.42. The SMILES string of the molecule is CCCCC/C=C\C/C=C\CCCCCCCCCC(=O)NCCOP(=O)(O)OCC(O)COC(=O)CCCCCCCCCCCCC/C=C/CCCCCCCC. The number of aliphatic hydroxyl groups excluding tert-OH is 1. The van der Waals surface area contributed by atoms with E-state index in [0.717, 1.165) is 51.4 Å². The number of aliphatic hydroxyl groups is 1. The van der Waals surface area contributed by atoms with E-state index in [2.05, 4.69) is 55.6 Å². The first-order valence-corrected chi connectivity index (χ1v) is 26.0. The quantitative estimate of drug-likeness (QED) is 0.0239. The highest BCUT2D eigenvalue weighted by atomic mass is 31.2. The van der Waals surface area contributed by atoms with Gasteiger partial charge >= 0.3 is 13.8 Å². The highest BCUT2D eigenvalue weighted by Crippen LogP contribution is 2.42. The number of hydrogen-bond acceptors (Lipinski definition) is 7. The largest absolute Gasteiger partial charge is 0.472 e. The molecule has 2 atom stereocenters. The molecule has 0 saturated carbocycles. The van der Waals surface area contributed by atoms with Crippen LogP contribution >= 0.6 is 7.82 Å². The Kier molecular flexibility index (Phi) is 44.4. The summed E-state index contributed by atoms with van der Waals surface area (Å²) in [6.45, 7) is 3.54. The Balaban J connectivity index is 3.56. The fourth-order valence-electron chi connectivity index (χ4n) is 6.82. The summed E-state index contributed by atoms with van der Waals surface area (Å²) < 4.78 is 27.0. The number of nitrogens with one attached hydrogen (secondary N) is 1. The number of allylic oxidation sites excluding steroid dienone is 6. The maximum Gasteiger partial charge on any atom is 0.472 e. The van der Waals surface area contributed by atoms with Crippen LogP contribution in [-0.2, 0) is 27.9 Å². The first kappa shape index (κ1) is 57.2. The number of phosphoric acid groups is 1. The Morgan fingerprint density at radius 2 is 0.915 bits per heavy atom. The maximum absolute atomic E-state index is 12.1. The lowest BCUT2D eigenvalue weighted by Crippen LogP contribution is -2.27. The highest BCUT2D eigenvalue weighted by Gasteiger charge is 2.23. The van der Waals surface area contributed by atoms with E-state index in [-0.39, 0.29) is 32.1 Å². The summed E-state index contributed by atoms with van der Waals surface area (Å²) in [5, 5.41) is 12.7.